The van der Waals surface area contributed by atoms with Crippen molar-refractivity contribution < 1.29 is 9.53 Å². The Labute approximate surface area is 139 Å². The van der Waals surface area contributed by atoms with Crippen LogP contribution in [-0.2, 0) is 13.0 Å². The van der Waals surface area contributed by atoms with Gasteiger partial charge < -0.3 is 20.3 Å². The van der Waals surface area contributed by atoms with E-state index in [1.54, 1.807) is 18.4 Å². The van der Waals surface area contributed by atoms with Crippen molar-refractivity contribution in [3.8, 4) is 5.75 Å². The molecular formula is C17H19N3O2S. The molecule has 1 amide bonds. The van der Waals surface area contributed by atoms with E-state index in [9.17, 15) is 4.79 Å². The first-order valence-electron chi connectivity index (χ1n) is 7.70. The van der Waals surface area contributed by atoms with E-state index in [0.717, 1.165) is 41.4 Å². The minimum atomic E-state index is -0.196. The van der Waals surface area contributed by atoms with Crippen LogP contribution in [0.25, 0.3) is 0 Å². The summed E-state index contributed by atoms with van der Waals surface area (Å²) in [5.41, 5.74) is 3.09. The lowest BCUT2D eigenvalue weighted by Gasteiger charge is -2.27. The molecule has 2 aromatic rings. The van der Waals surface area contributed by atoms with Gasteiger partial charge in [0.2, 0.25) is 0 Å². The first-order valence-corrected chi connectivity index (χ1v) is 8.52. The number of carbonyl (C=O) groups excluding carboxylic acids is 1. The number of methoxy groups -OCH3 is 1. The average Bonchev–Trinajstić information content (AvgIpc) is 2.92. The van der Waals surface area contributed by atoms with Crippen LogP contribution in [0.5, 0.6) is 5.75 Å². The third kappa shape index (κ3) is 2.48. The Morgan fingerprint density at radius 2 is 2.04 bits per heavy atom. The van der Waals surface area contributed by atoms with Gasteiger partial charge in [-0.25, -0.2) is 0 Å². The second-order valence-corrected chi connectivity index (χ2v) is 7.12. The molecule has 23 heavy (non-hydrogen) atoms. The van der Waals surface area contributed by atoms with Gasteiger partial charge >= 0.3 is 0 Å². The SMILES string of the molecule is COc1ccc([C@H]2NC(=O)c3c(sc4c3CCN(C)C4)N2)cc1. The van der Waals surface area contributed by atoms with E-state index in [1.165, 1.54) is 10.4 Å². The number of hydrogen-bond acceptors (Lipinski definition) is 5. The standard InChI is InChI=1S/C17H19N3O2S/c1-20-8-7-12-13(9-20)23-17-14(12)16(21)18-15(19-17)10-3-5-11(22-2)6-4-10/h3-6,15,19H,7-9H2,1-2H3,(H,18,21)/t15-/m0/s1. The molecule has 3 heterocycles. The van der Waals surface area contributed by atoms with E-state index in [1.807, 2.05) is 24.3 Å². The Morgan fingerprint density at radius 3 is 2.78 bits per heavy atom. The molecule has 1 atom stereocenters. The molecule has 2 N–H and O–H groups in total. The first-order chi connectivity index (χ1) is 11.2. The molecular weight excluding hydrogens is 310 g/mol. The van der Waals surface area contributed by atoms with E-state index in [2.05, 4.69) is 22.6 Å². The van der Waals surface area contributed by atoms with Gasteiger partial charge in [0.1, 0.15) is 16.9 Å². The van der Waals surface area contributed by atoms with Gasteiger partial charge in [0.15, 0.2) is 0 Å². The Kier molecular flexibility index (Phi) is 3.50. The van der Waals surface area contributed by atoms with Gasteiger partial charge in [-0.15, -0.1) is 11.3 Å². The van der Waals surface area contributed by atoms with E-state index in [0.29, 0.717) is 0 Å². The zero-order valence-corrected chi connectivity index (χ0v) is 14.0. The highest BCUT2D eigenvalue weighted by atomic mass is 32.1. The minimum Gasteiger partial charge on any atom is -0.497 e. The lowest BCUT2D eigenvalue weighted by molar-refractivity contribution is 0.0935. The maximum absolute atomic E-state index is 12.6. The van der Waals surface area contributed by atoms with Gasteiger partial charge in [0.25, 0.3) is 5.91 Å². The van der Waals surface area contributed by atoms with Crippen LogP contribution < -0.4 is 15.4 Å². The summed E-state index contributed by atoms with van der Waals surface area (Å²) in [5.74, 6) is 0.841. The fourth-order valence-corrected chi connectivity index (χ4v) is 4.56. The topological polar surface area (TPSA) is 53.6 Å². The van der Waals surface area contributed by atoms with Crippen LogP contribution in [-0.4, -0.2) is 31.5 Å². The third-order valence-corrected chi connectivity index (χ3v) is 5.62. The molecule has 1 aromatic carbocycles. The molecule has 4 rings (SSSR count). The summed E-state index contributed by atoms with van der Waals surface area (Å²) in [4.78, 5) is 16.2. The zero-order valence-electron chi connectivity index (χ0n) is 13.2. The van der Waals surface area contributed by atoms with Crippen LogP contribution in [0.3, 0.4) is 0 Å². The quantitative estimate of drug-likeness (QED) is 0.889. The number of benzene rings is 1. The molecule has 6 heteroatoms. The summed E-state index contributed by atoms with van der Waals surface area (Å²) < 4.78 is 5.19. The number of thiophene rings is 1. The Morgan fingerprint density at radius 1 is 1.26 bits per heavy atom. The molecule has 0 saturated carbocycles. The maximum Gasteiger partial charge on any atom is 0.256 e. The van der Waals surface area contributed by atoms with Crippen molar-refractivity contribution in [3.63, 3.8) is 0 Å². The lowest BCUT2D eigenvalue weighted by Crippen LogP contribution is -2.38. The number of anilines is 1. The Bertz CT molecular complexity index is 754. The summed E-state index contributed by atoms with van der Waals surface area (Å²) in [6, 6.07) is 7.77. The van der Waals surface area contributed by atoms with Crippen molar-refractivity contribution >= 4 is 22.2 Å². The Hall–Kier alpha value is -2.05. The predicted molar refractivity (Wildman–Crippen MR) is 91.2 cm³/mol. The van der Waals surface area contributed by atoms with Crippen molar-refractivity contribution in [1.82, 2.24) is 10.2 Å². The third-order valence-electron chi connectivity index (χ3n) is 4.47. The molecule has 0 spiro atoms. The fourth-order valence-electron chi connectivity index (χ4n) is 3.21. The Balaban J connectivity index is 1.65. The van der Waals surface area contributed by atoms with Crippen LogP contribution >= 0.6 is 11.3 Å². The molecule has 120 valence electrons. The molecule has 5 nitrogen and oxygen atoms in total. The molecule has 0 fully saturated rings. The molecule has 0 saturated heterocycles. The van der Waals surface area contributed by atoms with Crippen molar-refractivity contribution in [2.45, 2.75) is 19.1 Å². The number of rotatable bonds is 2. The number of hydrogen-bond donors (Lipinski definition) is 2. The molecule has 0 radical (unpaired) electrons. The van der Waals surface area contributed by atoms with Gasteiger partial charge in [0.05, 0.1) is 12.7 Å². The molecule has 0 unspecified atom stereocenters. The summed E-state index contributed by atoms with van der Waals surface area (Å²) in [6.07, 6.45) is 0.749. The fraction of sp³-hybridized carbons (Fsp3) is 0.353. The second-order valence-electron chi connectivity index (χ2n) is 6.02. The number of nitrogens with one attached hydrogen (secondary N) is 2. The van der Waals surface area contributed by atoms with E-state index >= 15 is 0 Å². The smallest absolute Gasteiger partial charge is 0.256 e. The van der Waals surface area contributed by atoms with Gasteiger partial charge in [-0.3, -0.25) is 4.79 Å². The average molecular weight is 329 g/mol. The summed E-state index contributed by atoms with van der Waals surface area (Å²) >= 11 is 1.71. The monoisotopic (exact) mass is 329 g/mol. The molecule has 1 aromatic heterocycles. The number of nitrogens with zero attached hydrogens (tertiary/aromatic N) is 1. The van der Waals surface area contributed by atoms with Crippen LogP contribution in [0.1, 0.15) is 32.5 Å². The first kappa shape index (κ1) is 14.5. The minimum absolute atomic E-state index is 0.0293. The van der Waals surface area contributed by atoms with Crippen LogP contribution in [0, 0.1) is 0 Å². The molecule has 2 aliphatic rings. The second kappa shape index (κ2) is 5.54. The summed E-state index contributed by atoms with van der Waals surface area (Å²) in [7, 11) is 3.77. The van der Waals surface area contributed by atoms with E-state index < -0.39 is 0 Å². The van der Waals surface area contributed by atoms with Crippen LogP contribution in [0.4, 0.5) is 5.00 Å². The number of amides is 1. The van der Waals surface area contributed by atoms with E-state index in [-0.39, 0.29) is 12.1 Å². The van der Waals surface area contributed by atoms with E-state index in [4.69, 9.17) is 4.74 Å². The number of likely N-dealkylation sites (N-methyl/N-ethyl adjacent to an activating group) is 1. The van der Waals surface area contributed by atoms with Gasteiger partial charge in [0, 0.05) is 18.0 Å². The van der Waals surface area contributed by atoms with Gasteiger partial charge in [-0.2, -0.15) is 0 Å². The number of carbonyl (C=O) groups is 1. The summed E-state index contributed by atoms with van der Waals surface area (Å²) in [5, 5.41) is 7.55. The van der Waals surface area contributed by atoms with Gasteiger partial charge in [-0.05, 0) is 36.7 Å². The van der Waals surface area contributed by atoms with Crippen LogP contribution in [0.2, 0.25) is 0 Å². The maximum atomic E-state index is 12.6. The number of fused-ring (bicyclic) bond motifs is 3. The van der Waals surface area contributed by atoms with Crippen molar-refractivity contribution in [3.05, 3.63) is 45.8 Å². The lowest BCUT2D eigenvalue weighted by atomic mass is 10.0. The number of ether oxygens (including phenoxy) is 1. The molecule has 2 aliphatic heterocycles. The van der Waals surface area contributed by atoms with Crippen LogP contribution in [0.15, 0.2) is 24.3 Å². The highest BCUT2D eigenvalue weighted by Gasteiger charge is 2.32. The summed E-state index contributed by atoms with van der Waals surface area (Å²) in [6.45, 7) is 1.93. The largest absolute Gasteiger partial charge is 0.497 e. The van der Waals surface area contributed by atoms with Gasteiger partial charge in [-0.1, -0.05) is 12.1 Å². The highest BCUT2D eigenvalue weighted by Crippen LogP contribution is 2.40. The zero-order chi connectivity index (χ0) is 16.0. The van der Waals surface area contributed by atoms with Crippen molar-refractivity contribution in [1.29, 1.82) is 0 Å². The predicted octanol–water partition coefficient (Wildman–Crippen LogP) is 2.60. The van der Waals surface area contributed by atoms with Crippen molar-refractivity contribution in [2.24, 2.45) is 0 Å². The normalized spacial score (nSPS) is 20.3. The highest BCUT2D eigenvalue weighted by molar-refractivity contribution is 7.16. The molecule has 0 aliphatic carbocycles. The van der Waals surface area contributed by atoms with Crippen molar-refractivity contribution in [2.75, 3.05) is 26.0 Å². The molecule has 0 bridgehead atoms.